The van der Waals surface area contributed by atoms with Crippen LogP contribution in [0.15, 0.2) is 40.9 Å². The second-order valence-corrected chi connectivity index (χ2v) is 8.36. The van der Waals surface area contributed by atoms with E-state index in [-0.39, 0.29) is 35.6 Å². The van der Waals surface area contributed by atoms with E-state index in [4.69, 9.17) is 9.26 Å². The molecule has 1 N–H and O–H groups in total. The van der Waals surface area contributed by atoms with E-state index in [1.165, 1.54) is 6.07 Å². The normalized spacial score (nSPS) is 19.0. The van der Waals surface area contributed by atoms with Crippen LogP contribution >= 0.6 is 0 Å². The number of hydrogen-bond acceptors (Lipinski definition) is 6. The van der Waals surface area contributed by atoms with Crippen LogP contribution in [-0.4, -0.2) is 37.5 Å². The molecule has 0 aliphatic carbocycles. The minimum absolute atomic E-state index is 0.0328. The van der Waals surface area contributed by atoms with E-state index >= 15 is 0 Å². The van der Waals surface area contributed by atoms with Crippen molar-refractivity contribution in [3.63, 3.8) is 0 Å². The first kappa shape index (κ1) is 17.6. The predicted octanol–water partition coefficient (Wildman–Crippen LogP) is 1.56. The van der Waals surface area contributed by atoms with Crippen molar-refractivity contribution in [1.82, 2.24) is 10.5 Å². The third-order valence-corrected chi connectivity index (χ3v) is 5.86. The summed E-state index contributed by atoms with van der Waals surface area (Å²) in [6.45, 7) is 0.986. The number of carbonyl (C=O) groups is 1. The molecule has 0 saturated carbocycles. The maximum Gasteiger partial charge on any atom is 0.273 e. The van der Waals surface area contributed by atoms with Crippen LogP contribution in [0.4, 0.5) is 0 Å². The Hall–Kier alpha value is -2.19. The molecule has 1 aliphatic heterocycles. The van der Waals surface area contributed by atoms with Crippen LogP contribution in [-0.2, 0) is 27.8 Å². The third kappa shape index (κ3) is 5.14. The zero-order valence-electron chi connectivity index (χ0n) is 13.7. The van der Waals surface area contributed by atoms with Gasteiger partial charge in [0.1, 0.15) is 6.61 Å². The average Bonchev–Trinajstić information content (AvgIpc) is 3.20. The molecule has 1 aromatic heterocycles. The Balaban J connectivity index is 1.43. The molecule has 3 rings (SSSR count). The summed E-state index contributed by atoms with van der Waals surface area (Å²) in [4.78, 5) is 12.0. The van der Waals surface area contributed by atoms with Gasteiger partial charge in [0.15, 0.2) is 21.3 Å². The first-order valence-corrected chi connectivity index (χ1v) is 9.90. The summed E-state index contributed by atoms with van der Waals surface area (Å²) >= 11 is 0. The molecule has 134 valence electrons. The van der Waals surface area contributed by atoms with Crippen LogP contribution in [0.3, 0.4) is 0 Å². The number of aromatic nitrogens is 1. The van der Waals surface area contributed by atoms with Gasteiger partial charge in [-0.25, -0.2) is 8.42 Å². The highest BCUT2D eigenvalue weighted by Crippen LogP contribution is 2.17. The lowest BCUT2D eigenvalue weighted by Gasteiger charge is -2.07. The lowest BCUT2D eigenvalue weighted by Crippen LogP contribution is -2.30. The first-order valence-electron chi connectivity index (χ1n) is 8.08. The number of nitrogens with one attached hydrogen (secondary N) is 1. The molecule has 0 radical (unpaired) electrons. The average molecular weight is 364 g/mol. The number of amides is 1. The molecule has 8 heteroatoms. The molecule has 7 nitrogen and oxygen atoms in total. The molecule has 2 heterocycles. The molecule has 1 atom stereocenters. The molecule has 1 unspecified atom stereocenters. The Bertz CT molecular complexity index is 817. The van der Waals surface area contributed by atoms with E-state index in [1.54, 1.807) is 0 Å². The van der Waals surface area contributed by atoms with Gasteiger partial charge < -0.3 is 14.6 Å². The lowest BCUT2D eigenvalue weighted by molar-refractivity contribution is 0.0877. The summed E-state index contributed by atoms with van der Waals surface area (Å²) in [5.41, 5.74) is 1.21. The molecule has 25 heavy (non-hydrogen) atoms. The molecule has 0 spiro atoms. The lowest BCUT2D eigenvalue weighted by atomic mass is 10.1. The summed E-state index contributed by atoms with van der Waals surface area (Å²) in [6.07, 6.45) is 0.583. The van der Waals surface area contributed by atoms with Crippen LogP contribution < -0.4 is 5.32 Å². The number of sulfone groups is 1. The third-order valence-electron chi connectivity index (χ3n) is 4.03. The minimum atomic E-state index is -2.94. The first-order chi connectivity index (χ1) is 12.0. The molecule has 1 fully saturated rings. The Morgan fingerprint density at radius 3 is 2.80 bits per heavy atom. The summed E-state index contributed by atoms with van der Waals surface area (Å²) in [5.74, 6) is 0.381. The van der Waals surface area contributed by atoms with E-state index in [0.717, 1.165) is 5.56 Å². The minimum Gasteiger partial charge on any atom is -0.369 e. The smallest absolute Gasteiger partial charge is 0.273 e. The number of ether oxygens (including phenoxy) is 1. The summed E-state index contributed by atoms with van der Waals surface area (Å²) < 4.78 is 33.4. The van der Waals surface area contributed by atoms with E-state index in [1.807, 2.05) is 30.3 Å². The highest BCUT2D eigenvalue weighted by Gasteiger charge is 2.28. The zero-order chi connectivity index (χ0) is 17.7. The number of rotatable bonds is 7. The topological polar surface area (TPSA) is 98.5 Å². The van der Waals surface area contributed by atoms with Crippen molar-refractivity contribution >= 4 is 15.7 Å². The predicted molar refractivity (Wildman–Crippen MR) is 90.5 cm³/mol. The van der Waals surface area contributed by atoms with E-state index in [2.05, 4.69) is 10.5 Å². The monoisotopic (exact) mass is 364 g/mol. The van der Waals surface area contributed by atoms with Crippen LogP contribution in [0, 0.1) is 5.92 Å². The van der Waals surface area contributed by atoms with Gasteiger partial charge in [-0.05, 0) is 17.9 Å². The van der Waals surface area contributed by atoms with Gasteiger partial charge in [0, 0.05) is 12.6 Å². The highest BCUT2D eigenvalue weighted by atomic mass is 32.2. The maximum absolute atomic E-state index is 12.0. The zero-order valence-corrected chi connectivity index (χ0v) is 14.5. The van der Waals surface area contributed by atoms with Crippen molar-refractivity contribution in [3.8, 4) is 0 Å². The Morgan fingerprint density at radius 1 is 1.28 bits per heavy atom. The maximum atomic E-state index is 12.0. The standard InChI is InChI=1S/C17H20N2O5S/c20-17(18-9-14-6-7-25(21,22)12-14)16-8-15(24-19-16)11-23-10-13-4-2-1-3-5-13/h1-5,8,14H,6-7,9-12H2,(H,18,20). The highest BCUT2D eigenvalue weighted by molar-refractivity contribution is 7.91. The second-order valence-electron chi connectivity index (χ2n) is 6.14. The van der Waals surface area contributed by atoms with Gasteiger partial charge in [0.05, 0.1) is 18.1 Å². The fraction of sp³-hybridized carbons (Fsp3) is 0.412. The van der Waals surface area contributed by atoms with Crippen molar-refractivity contribution < 1.29 is 22.5 Å². The van der Waals surface area contributed by atoms with E-state index < -0.39 is 9.84 Å². The van der Waals surface area contributed by atoms with Gasteiger partial charge in [-0.15, -0.1) is 0 Å². The largest absolute Gasteiger partial charge is 0.369 e. The van der Waals surface area contributed by atoms with Crippen molar-refractivity contribution in [2.75, 3.05) is 18.1 Å². The summed E-state index contributed by atoms with van der Waals surface area (Å²) in [7, 11) is -2.94. The van der Waals surface area contributed by atoms with Gasteiger partial charge in [-0.2, -0.15) is 0 Å². The van der Waals surface area contributed by atoms with Gasteiger partial charge >= 0.3 is 0 Å². The molecule has 2 aromatic rings. The van der Waals surface area contributed by atoms with E-state index in [0.29, 0.717) is 25.3 Å². The van der Waals surface area contributed by atoms with Crippen LogP contribution in [0.2, 0.25) is 0 Å². The Kier molecular flexibility index (Phi) is 5.50. The molecule has 1 aromatic carbocycles. The van der Waals surface area contributed by atoms with Crippen molar-refractivity contribution in [1.29, 1.82) is 0 Å². The quantitative estimate of drug-likeness (QED) is 0.800. The number of hydrogen-bond donors (Lipinski definition) is 1. The molecular weight excluding hydrogens is 344 g/mol. The number of carbonyl (C=O) groups excluding carboxylic acids is 1. The van der Waals surface area contributed by atoms with Gasteiger partial charge in [-0.3, -0.25) is 4.79 Å². The number of nitrogens with zero attached hydrogens (tertiary/aromatic N) is 1. The van der Waals surface area contributed by atoms with Crippen molar-refractivity contribution in [2.45, 2.75) is 19.6 Å². The van der Waals surface area contributed by atoms with Gasteiger partial charge in [0.2, 0.25) is 0 Å². The molecule has 0 bridgehead atoms. The summed E-state index contributed by atoms with van der Waals surface area (Å²) in [6, 6.07) is 11.3. The summed E-state index contributed by atoms with van der Waals surface area (Å²) in [5, 5.41) is 6.44. The van der Waals surface area contributed by atoms with E-state index in [9.17, 15) is 13.2 Å². The fourth-order valence-electron chi connectivity index (χ4n) is 2.69. The van der Waals surface area contributed by atoms with Crippen LogP contribution in [0.25, 0.3) is 0 Å². The van der Waals surface area contributed by atoms with Crippen LogP contribution in [0.5, 0.6) is 0 Å². The Morgan fingerprint density at radius 2 is 2.08 bits per heavy atom. The Labute approximate surface area is 146 Å². The fourth-order valence-corrected chi connectivity index (χ4v) is 4.55. The van der Waals surface area contributed by atoms with Gasteiger partial charge in [0.25, 0.3) is 5.91 Å². The number of benzene rings is 1. The SMILES string of the molecule is O=C(NCC1CCS(=O)(=O)C1)c1cc(COCc2ccccc2)on1. The van der Waals surface area contributed by atoms with Crippen LogP contribution in [0.1, 0.15) is 28.2 Å². The molecule has 1 saturated heterocycles. The van der Waals surface area contributed by atoms with Gasteiger partial charge in [-0.1, -0.05) is 35.5 Å². The van der Waals surface area contributed by atoms with Crippen molar-refractivity contribution in [2.24, 2.45) is 5.92 Å². The second kappa shape index (κ2) is 7.79. The molecule has 1 amide bonds. The molecular formula is C17H20N2O5S. The van der Waals surface area contributed by atoms with Crippen molar-refractivity contribution in [3.05, 3.63) is 53.4 Å². The molecule has 1 aliphatic rings.